The average molecular weight is 752 g/mol. The van der Waals surface area contributed by atoms with Crippen molar-refractivity contribution < 1.29 is 4.42 Å². The maximum absolute atomic E-state index is 6.59. The van der Waals surface area contributed by atoms with Gasteiger partial charge in [-0.1, -0.05) is 188 Å². The summed E-state index contributed by atoms with van der Waals surface area (Å²) in [5, 5.41) is 6.99. The van der Waals surface area contributed by atoms with Crippen LogP contribution in [0.4, 0.5) is 17.1 Å². The summed E-state index contributed by atoms with van der Waals surface area (Å²) >= 11 is 0. The van der Waals surface area contributed by atoms with E-state index in [-0.39, 0.29) is 0 Å². The van der Waals surface area contributed by atoms with Gasteiger partial charge >= 0.3 is 0 Å². The van der Waals surface area contributed by atoms with Gasteiger partial charge in [-0.15, -0.1) is 0 Å². The summed E-state index contributed by atoms with van der Waals surface area (Å²) in [5.41, 5.74) is 14.6. The molecule has 0 saturated carbocycles. The predicted octanol–water partition coefficient (Wildman–Crippen LogP) is 15.4. The lowest BCUT2D eigenvalue weighted by atomic mass is 9.68. The van der Waals surface area contributed by atoms with Crippen LogP contribution >= 0.6 is 0 Å². The van der Waals surface area contributed by atoms with Crippen molar-refractivity contribution in [3.8, 4) is 22.3 Å². The van der Waals surface area contributed by atoms with E-state index < -0.39 is 5.41 Å². The van der Waals surface area contributed by atoms with Crippen molar-refractivity contribution in [2.24, 2.45) is 0 Å². The van der Waals surface area contributed by atoms with Crippen LogP contribution in [0, 0.1) is 0 Å². The Morgan fingerprint density at radius 3 is 1.73 bits per heavy atom. The molecule has 0 fully saturated rings. The summed E-state index contributed by atoms with van der Waals surface area (Å²) in [6.07, 6.45) is 0. The first kappa shape index (κ1) is 33.5. The highest BCUT2D eigenvalue weighted by molar-refractivity contribution is 6.19. The Labute approximate surface area is 342 Å². The zero-order valence-electron chi connectivity index (χ0n) is 32.2. The summed E-state index contributed by atoms with van der Waals surface area (Å²) in [7, 11) is 0. The molecule has 0 aliphatic heterocycles. The molecule has 1 aliphatic carbocycles. The van der Waals surface area contributed by atoms with Gasteiger partial charge in [0.15, 0.2) is 0 Å². The molecule has 2 heteroatoms. The molecule has 1 aliphatic rings. The van der Waals surface area contributed by atoms with Crippen LogP contribution in [0.25, 0.3) is 65.7 Å². The summed E-state index contributed by atoms with van der Waals surface area (Å²) < 4.78 is 6.59. The van der Waals surface area contributed by atoms with Crippen molar-refractivity contribution >= 4 is 60.5 Å². The second-order valence-corrected chi connectivity index (χ2v) is 15.6. The number of rotatable bonds is 6. The summed E-state index contributed by atoms with van der Waals surface area (Å²) in [6.45, 7) is 0. The first-order chi connectivity index (χ1) is 29.3. The summed E-state index contributed by atoms with van der Waals surface area (Å²) in [5.74, 6) is 0. The SMILES string of the molecule is c1ccc(C2(c3ccccc3)c3ccccc3-c3c(N(c4ccc(-c5cccc6oc7c8ccccc8ccc7c56)cc4)c4cccc5ccccc45)cccc32)cc1. The maximum Gasteiger partial charge on any atom is 0.143 e. The number of fused-ring (bicyclic) bond motifs is 9. The molecular formula is C57H37NO. The Hall–Kier alpha value is -7.68. The second-order valence-electron chi connectivity index (χ2n) is 15.6. The highest BCUT2D eigenvalue weighted by Gasteiger charge is 2.47. The highest BCUT2D eigenvalue weighted by Crippen LogP contribution is 2.59. The molecule has 276 valence electrons. The lowest BCUT2D eigenvalue weighted by Gasteiger charge is -2.34. The minimum atomic E-state index is -0.504. The standard InChI is InChI=1S/C57H37NO/c1-3-19-41(20-4-1)57(42-21-5-2-6-22-42)49-27-12-11-25-47(49)55-50(57)28-15-30-52(55)58(51-29-13-18-38-16-7-9-23-44(38)51)43-35-32-40(33-36-43)45-26-14-31-53-54(45)48-37-34-39-17-8-10-24-46(39)56(48)59-53/h1-37H. The van der Waals surface area contributed by atoms with Gasteiger partial charge in [0, 0.05) is 32.8 Å². The molecule has 2 nitrogen and oxygen atoms in total. The van der Waals surface area contributed by atoms with Crippen molar-refractivity contribution in [1.29, 1.82) is 0 Å². The molecule has 0 N–H and O–H groups in total. The molecular weight excluding hydrogens is 715 g/mol. The van der Waals surface area contributed by atoms with E-state index in [1.165, 1.54) is 49.5 Å². The van der Waals surface area contributed by atoms with E-state index in [9.17, 15) is 0 Å². The van der Waals surface area contributed by atoms with E-state index in [1.54, 1.807) is 0 Å². The van der Waals surface area contributed by atoms with E-state index in [0.717, 1.165) is 55.5 Å². The molecule has 12 rings (SSSR count). The first-order valence-electron chi connectivity index (χ1n) is 20.3. The molecule has 59 heavy (non-hydrogen) atoms. The Morgan fingerprint density at radius 1 is 0.373 bits per heavy atom. The Balaban J connectivity index is 1.10. The minimum absolute atomic E-state index is 0.504. The number of hydrogen-bond donors (Lipinski definition) is 0. The van der Waals surface area contributed by atoms with Gasteiger partial charge in [-0.2, -0.15) is 0 Å². The predicted molar refractivity (Wildman–Crippen MR) is 246 cm³/mol. The first-order valence-corrected chi connectivity index (χ1v) is 20.3. The van der Waals surface area contributed by atoms with Crippen molar-refractivity contribution in [2.45, 2.75) is 5.41 Å². The minimum Gasteiger partial charge on any atom is -0.455 e. The quantitative estimate of drug-likeness (QED) is 0.168. The monoisotopic (exact) mass is 751 g/mol. The third-order valence-electron chi connectivity index (χ3n) is 12.5. The van der Waals surface area contributed by atoms with Crippen LogP contribution < -0.4 is 4.90 Å². The van der Waals surface area contributed by atoms with Gasteiger partial charge in [-0.3, -0.25) is 0 Å². The lowest BCUT2D eigenvalue weighted by molar-refractivity contribution is 0.673. The Bertz CT molecular complexity index is 3340. The van der Waals surface area contributed by atoms with Crippen molar-refractivity contribution in [3.63, 3.8) is 0 Å². The van der Waals surface area contributed by atoms with E-state index in [4.69, 9.17) is 4.42 Å². The van der Waals surface area contributed by atoms with Gasteiger partial charge < -0.3 is 9.32 Å². The van der Waals surface area contributed by atoms with E-state index >= 15 is 0 Å². The van der Waals surface area contributed by atoms with Crippen LogP contribution in [0.15, 0.2) is 229 Å². The fourth-order valence-electron chi connectivity index (χ4n) is 10.1. The second kappa shape index (κ2) is 13.2. The van der Waals surface area contributed by atoms with Gasteiger partial charge in [-0.05, 0) is 86.1 Å². The average Bonchev–Trinajstić information content (AvgIpc) is 3.85. The van der Waals surface area contributed by atoms with Gasteiger partial charge in [-0.25, -0.2) is 0 Å². The normalized spacial score (nSPS) is 12.9. The fourth-order valence-corrected chi connectivity index (χ4v) is 10.1. The number of nitrogens with zero attached hydrogens (tertiary/aromatic N) is 1. The molecule has 1 heterocycles. The molecule has 1 aromatic heterocycles. The molecule has 0 radical (unpaired) electrons. The smallest absolute Gasteiger partial charge is 0.143 e. The van der Waals surface area contributed by atoms with Gasteiger partial charge in [0.05, 0.1) is 16.8 Å². The maximum atomic E-state index is 6.59. The Morgan fingerprint density at radius 2 is 0.949 bits per heavy atom. The van der Waals surface area contributed by atoms with Crippen LogP contribution in [0.5, 0.6) is 0 Å². The molecule has 0 spiro atoms. The van der Waals surface area contributed by atoms with Crippen LogP contribution in [0.1, 0.15) is 22.3 Å². The van der Waals surface area contributed by atoms with Crippen LogP contribution in [-0.4, -0.2) is 0 Å². The van der Waals surface area contributed by atoms with Crippen LogP contribution in [0.3, 0.4) is 0 Å². The molecule has 11 aromatic rings. The van der Waals surface area contributed by atoms with Crippen molar-refractivity contribution in [3.05, 3.63) is 247 Å². The zero-order valence-corrected chi connectivity index (χ0v) is 32.2. The van der Waals surface area contributed by atoms with Crippen LogP contribution in [-0.2, 0) is 5.41 Å². The van der Waals surface area contributed by atoms with Crippen molar-refractivity contribution in [2.75, 3.05) is 4.90 Å². The number of benzene rings is 10. The third-order valence-corrected chi connectivity index (χ3v) is 12.5. The molecule has 10 aromatic carbocycles. The molecule has 0 amide bonds. The highest BCUT2D eigenvalue weighted by atomic mass is 16.3. The van der Waals surface area contributed by atoms with Gasteiger partial charge in [0.1, 0.15) is 11.2 Å². The molecule has 0 bridgehead atoms. The van der Waals surface area contributed by atoms with Gasteiger partial charge in [0.25, 0.3) is 0 Å². The molecule has 0 saturated heterocycles. The fraction of sp³-hybridized carbons (Fsp3) is 0.0175. The lowest BCUT2D eigenvalue weighted by Crippen LogP contribution is -2.28. The van der Waals surface area contributed by atoms with E-state index in [0.29, 0.717) is 0 Å². The Kier molecular flexibility index (Phi) is 7.48. The molecule has 0 atom stereocenters. The largest absolute Gasteiger partial charge is 0.455 e. The number of furan rings is 1. The van der Waals surface area contributed by atoms with Crippen molar-refractivity contribution in [1.82, 2.24) is 0 Å². The number of anilines is 3. The third kappa shape index (κ3) is 4.93. The molecule has 0 unspecified atom stereocenters. The zero-order chi connectivity index (χ0) is 38.9. The van der Waals surface area contributed by atoms with Gasteiger partial charge in [0.2, 0.25) is 0 Å². The van der Waals surface area contributed by atoms with E-state index in [1.807, 2.05) is 0 Å². The number of hydrogen-bond acceptors (Lipinski definition) is 2. The van der Waals surface area contributed by atoms with E-state index in [2.05, 4.69) is 229 Å². The van der Waals surface area contributed by atoms with Crippen LogP contribution in [0.2, 0.25) is 0 Å². The summed E-state index contributed by atoms with van der Waals surface area (Å²) in [4.78, 5) is 2.48. The topological polar surface area (TPSA) is 16.4 Å². The summed E-state index contributed by atoms with van der Waals surface area (Å²) in [6, 6.07) is 81.8.